The number of hydrogen-bond donors (Lipinski definition) is 1. The van der Waals surface area contributed by atoms with E-state index in [2.05, 4.69) is 17.5 Å². The summed E-state index contributed by atoms with van der Waals surface area (Å²) in [5.74, 6) is 0. The Balaban J connectivity index is 0.000000127. The Hall–Kier alpha value is -0.600. The van der Waals surface area contributed by atoms with E-state index < -0.39 is 0 Å². The summed E-state index contributed by atoms with van der Waals surface area (Å²) in [6.07, 6.45) is 6.98. The van der Waals surface area contributed by atoms with Crippen molar-refractivity contribution in [1.82, 2.24) is 5.32 Å². The van der Waals surface area contributed by atoms with Crippen molar-refractivity contribution >= 4 is 11.3 Å². The van der Waals surface area contributed by atoms with E-state index in [1.165, 1.54) is 19.4 Å². The molecule has 0 bridgehead atoms. The molecule has 2 heteroatoms. The number of hydrogen-bond acceptors (Lipinski definition) is 2. The fourth-order valence-corrected chi connectivity index (χ4v) is 1.41. The molecular formula is C10H15NS. The van der Waals surface area contributed by atoms with Gasteiger partial charge in [-0.25, -0.2) is 0 Å². The Kier molecular flexibility index (Phi) is 5.59. The SMILES string of the molecule is C1=CCNCCC1.c1ccsc1. The summed E-state index contributed by atoms with van der Waals surface area (Å²) >= 11 is 1.71. The average Bonchev–Trinajstić information content (AvgIpc) is 2.54. The first-order valence-electron chi connectivity index (χ1n) is 4.33. The zero-order valence-electron chi connectivity index (χ0n) is 7.20. The molecule has 1 aliphatic heterocycles. The molecule has 1 N–H and O–H groups in total. The molecule has 0 aromatic carbocycles. The van der Waals surface area contributed by atoms with Crippen LogP contribution >= 0.6 is 11.3 Å². The summed E-state index contributed by atoms with van der Waals surface area (Å²) in [5, 5.41) is 7.34. The van der Waals surface area contributed by atoms with E-state index in [4.69, 9.17) is 0 Å². The number of nitrogens with one attached hydrogen (secondary N) is 1. The van der Waals surface area contributed by atoms with Gasteiger partial charge in [-0.2, -0.15) is 11.3 Å². The van der Waals surface area contributed by atoms with Gasteiger partial charge in [0, 0.05) is 6.54 Å². The van der Waals surface area contributed by atoms with Gasteiger partial charge >= 0.3 is 0 Å². The van der Waals surface area contributed by atoms with Gasteiger partial charge in [-0.05, 0) is 30.1 Å². The van der Waals surface area contributed by atoms with Gasteiger partial charge in [0.2, 0.25) is 0 Å². The summed E-state index contributed by atoms with van der Waals surface area (Å²) < 4.78 is 0. The normalized spacial score (nSPS) is 16.0. The van der Waals surface area contributed by atoms with Crippen molar-refractivity contribution in [3.05, 3.63) is 35.0 Å². The third-order valence-corrected chi connectivity index (χ3v) is 2.21. The Bertz CT molecular complexity index is 166. The van der Waals surface area contributed by atoms with Gasteiger partial charge < -0.3 is 5.32 Å². The quantitative estimate of drug-likeness (QED) is 0.607. The lowest BCUT2D eigenvalue weighted by Gasteiger charge is -1.91. The van der Waals surface area contributed by atoms with E-state index in [1.54, 1.807) is 11.3 Å². The van der Waals surface area contributed by atoms with Crippen molar-refractivity contribution in [3.8, 4) is 0 Å². The monoisotopic (exact) mass is 181 g/mol. The molecule has 0 amide bonds. The highest BCUT2D eigenvalue weighted by molar-refractivity contribution is 7.07. The number of rotatable bonds is 0. The van der Waals surface area contributed by atoms with Crippen LogP contribution in [0.5, 0.6) is 0 Å². The average molecular weight is 181 g/mol. The second kappa shape index (κ2) is 7.07. The van der Waals surface area contributed by atoms with Crippen LogP contribution in [0.4, 0.5) is 0 Å². The Morgan fingerprint density at radius 3 is 2.58 bits per heavy atom. The second-order valence-electron chi connectivity index (χ2n) is 2.61. The highest BCUT2D eigenvalue weighted by Crippen LogP contribution is 1.92. The van der Waals surface area contributed by atoms with Crippen LogP contribution in [-0.4, -0.2) is 13.1 Å². The topological polar surface area (TPSA) is 12.0 Å². The van der Waals surface area contributed by atoms with Crippen LogP contribution in [0.1, 0.15) is 12.8 Å². The maximum absolute atomic E-state index is 3.26. The first kappa shape index (κ1) is 9.49. The van der Waals surface area contributed by atoms with E-state index in [1.807, 2.05) is 22.9 Å². The molecule has 12 heavy (non-hydrogen) atoms. The zero-order chi connectivity index (χ0) is 8.49. The van der Waals surface area contributed by atoms with E-state index >= 15 is 0 Å². The van der Waals surface area contributed by atoms with Crippen LogP contribution in [0.2, 0.25) is 0 Å². The largest absolute Gasteiger partial charge is 0.313 e. The molecule has 0 saturated carbocycles. The predicted molar refractivity (Wildman–Crippen MR) is 55.6 cm³/mol. The van der Waals surface area contributed by atoms with Crippen LogP contribution in [0.15, 0.2) is 35.0 Å². The second-order valence-corrected chi connectivity index (χ2v) is 3.43. The fourth-order valence-electron chi connectivity index (χ4n) is 0.958. The summed E-state index contributed by atoms with van der Waals surface area (Å²) in [6, 6.07) is 4.04. The zero-order valence-corrected chi connectivity index (χ0v) is 8.02. The molecule has 0 saturated heterocycles. The van der Waals surface area contributed by atoms with Crippen molar-refractivity contribution in [2.75, 3.05) is 13.1 Å². The molecule has 0 atom stereocenters. The van der Waals surface area contributed by atoms with Crippen molar-refractivity contribution < 1.29 is 0 Å². The summed E-state index contributed by atoms with van der Waals surface area (Å²) in [7, 11) is 0. The van der Waals surface area contributed by atoms with Crippen LogP contribution in [0, 0.1) is 0 Å². The summed E-state index contributed by atoms with van der Waals surface area (Å²) in [6.45, 7) is 2.26. The van der Waals surface area contributed by atoms with Gasteiger partial charge in [0.1, 0.15) is 0 Å². The first-order valence-corrected chi connectivity index (χ1v) is 5.27. The molecule has 1 aromatic rings. The molecule has 0 fully saturated rings. The molecular weight excluding hydrogens is 166 g/mol. The minimum atomic E-state index is 1.07. The van der Waals surface area contributed by atoms with Gasteiger partial charge in [-0.1, -0.05) is 24.3 Å². The molecule has 0 radical (unpaired) electrons. The van der Waals surface area contributed by atoms with Crippen LogP contribution < -0.4 is 5.32 Å². The minimum absolute atomic E-state index is 1.07. The third-order valence-electron chi connectivity index (χ3n) is 1.58. The Labute approximate surface area is 78.1 Å². The molecule has 1 aliphatic rings. The Morgan fingerprint density at radius 1 is 1.08 bits per heavy atom. The van der Waals surface area contributed by atoms with Crippen molar-refractivity contribution in [2.45, 2.75) is 12.8 Å². The van der Waals surface area contributed by atoms with E-state index in [9.17, 15) is 0 Å². The molecule has 2 rings (SSSR count). The molecule has 1 nitrogen and oxygen atoms in total. The predicted octanol–water partition coefficient (Wildman–Crippen LogP) is 2.67. The molecule has 0 aliphatic carbocycles. The van der Waals surface area contributed by atoms with Crippen LogP contribution in [0.25, 0.3) is 0 Å². The smallest absolute Gasteiger partial charge is 0.0134 e. The number of thiophene rings is 1. The van der Waals surface area contributed by atoms with Crippen molar-refractivity contribution in [1.29, 1.82) is 0 Å². The molecule has 2 heterocycles. The van der Waals surface area contributed by atoms with E-state index in [0.29, 0.717) is 0 Å². The minimum Gasteiger partial charge on any atom is -0.313 e. The molecule has 0 unspecified atom stereocenters. The highest BCUT2D eigenvalue weighted by atomic mass is 32.1. The first-order chi connectivity index (χ1) is 6.00. The van der Waals surface area contributed by atoms with E-state index in [-0.39, 0.29) is 0 Å². The van der Waals surface area contributed by atoms with Gasteiger partial charge in [0.15, 0.2) is 0 Å². The maximum atomic E-state index is 3.26. The third kappa shape index (κ3) is 5.10. The lowest BCUT2D eigenvalue weighted by molar-refractivity contribution is 0.721. The maximum Gasteiger partial charge on any atom is 0.0134 e. The highest BCUT2D eigenvalue weighted by Gasteiger charge is 1.86. The van der Waals surface area contributed by atoms with Gasteiger partial charge in [-0.15, -0.1) is 0 Å². The Morgan fingerprint density at radius 2 is 1.92 bits per heavy atom. The number of allylic oxidation sites excluding steroid dienone is 1. The summed E-state index contributed by atoms with van der Waals surface area (Å²) in [5.41, 5.74) is 0. The van der Waals surface area contributed by atoms with Crippen LogP contribution in [-0.2, 0) is 0 Å². The fraction of sp³-hybridized carbons (Fsp3) is 0.400. The molecule has 1 aromatic heterocycles. The lowest BCUT2D eigenvalue weighted by Crippen LogP contribution is -2.12. The molecule has 0 spiro atoms. The van der Waals surface area contributed by atoms with Crippen LogP contribution in [0.3, 0.4) is 0 Å². The summed E-state index contributed by atoms with van der Waals surface area (Å²) in [4.78, 5) is 0. The van der Waals surface area contributed by atoms with Gasteiger partial charge in [-0.3, -0.25) is 0 Å². The standard InChI is InChI=1S/C6H11N.C4H4S/c1-2-4-6-7-5-3-1;1-2-4-5-3-1/h1,3,7H,2,4-6H2;1-4H. The van der Waals surface area contributed by atoms with Crippen molar-refractivity contribution in [3.63, 3.8) is 0 Å². The van der Waals surface area contributed by atoms with E-state index in [0.717, 1.165) is 6.54 Å². The van der Waals surface area contributed by atoms with Crippen molar-refractivity contribution in [2.24, 2.45) is 0 Å². The van der Waals surface area contributed by atoms with Gasteiger partial charge in [0.05, 0.1) is 0 Å². The van der Waals surface area contributed by atoms with Gasteiger partial charge in [0.25, 0.3) is 0 Å². The lowest BCUT2D eigenvalue weighted by atomic mass is 10.3. The molecule has 66 valence electrons.